The minimum absolute atomic E-state index is 0.221. The summed E-state index contributed by atoms with van der Waals surface area (Å²) in [5.41, 5.74) is 1.74. The van der Waals surface area contributed by atoms with E-state index in [0.29, 0.717) is 0 Å². The van der Waals surface area contributed by atoms with Gasteiger partial charge in [-0.05, 0) is 48.2 Å². The molecule has 0 spiro atoms. The van der Waals surface area contributed by atoms with Gasteiger partial charge in [0.05, 0.1) is 25.4 Å². The zero-order valence-corrected chi connectivity index (χ0v) is 12.8. The van der Waals surface area contributed by atoms with Gasteiger partial charge in [-0.3, -0.25) is 0 Å². The number of rotatable bonds is 6. The lowest BCUT2D eigenvalue weighted by Crippen LogP contribution is -2.31. The lowest BCUT2D eigenvalue weighted by atomic mass is 9.68. The first-order valence-electron chi connectivity index (χ1n) is 7.98. The highest BCUT2D eigenvalue weighted by Crippen LogP contribution is 2.46. The molecule has 0 aliphatic carbocycles. The summed E-state index contributed by atoms with van der Waals surface area (Å²) in [7, 11) is 0. The predicted molar refractivity (Wildman–Crippen MR) is 85.7 cm³/mol. The summed E-state index contributed by atoms with van der Waals surface area (Å²) in [5.74, 6) is 0.501. The average Bonchev–Trinajstić information content (AvgIpc) is 3.43. The number of phenolic OH excluding ortho intramolecular Hbond substituents is 2. The Kier molecular flexibility index (Phi) is 3.51. The number of phenols is 2. The lowest BCUT2D eigenvalue weighted by Gasteiger charge is -2.35. The van der Waals surface area contributed by atoms with Crippen LogP contribution < -0.4 is 0 Å². The van der Waals surface area contributed by atoms with Crippen molar-refractivity contribution in [3.05, 3.63) is 59.7 Å². The molecule has 0 bridgehead atoms. The van der Waals surface area contributed by atoms with Gasteiger partial charge in [0.15, 0.2) is 0 Å². The van der Waals surface area contributed by atoms with Crippen LogP contribution in [0.1, 0.15) is 24.0 Å². The Morgan fingerprint density at radius 3 is 1.61 bits per heavy atom. The first kappa shape index (κ1) is 14.5. The monoisotopic (exact) mass is 312 g/mol. The van der Waals surface area contributed by atoms with Crippen LogP contribution in [0, 0.1) is 0 Å². The maximum atomic E-state index is 9.97. The number of ether oxygens (including phenoxy) is 2. The predicted octanol–water partition coefficient (Wildman–Crippen LogP) is 2.96. The zero-order valence-electron chi connectivity index (χ0n) is 12.8. The van der Waals surface area contributed by atoms with Crippen molar-refractivity contribution in [1.82, 2.24) is 0 Å². The van der Waals surface area contributed by atoms with Crippen LogP contribution in [0.15, 0.2) is 48.5 Å². The van der Waals surface area contributed by atoms with E-state index < -0.39 is 0 Å². The SMILES string of the molecule is Oc1cccc(C(CC2CO2)(CC2CO2)c2cccc(O)c2)c1. The molecule has 0 radical (unpaired) electrons. The molecule has 2 aliphatic rings. The molecule has 4 nitrogen and oxygen atoms in total. The van der Waals surface area contributed by atoms with E-state index in [0.717, 1.165) is 37.2 Å². The molecule has 4 rings (SSSR count). The molecule has 120 valence electrons. The van der Waals surface area contributed by atoms with E-state index >= 15 is 0 Å². The van der Waals surface area contributed by atoms with Crippen molar-refractivity contribution < 1.29 is 19.7 Å². The molecule has 2 N–H and O–H groups in total. The van der Waals surface area contributed by atoms with Crippen LogP contribution in [0.3, 0.4) is 0 Å². The molecule has 2 aromatic carbocycles. The van der Waals surface area contributed by atoms with Gasteiger partial charge in [-0.25, -0.2) is 0 Å². The van der Waals surface area contributed by atoms with Crippen molar-refractivity contribution in [3.63, 3.8) is 0 Å². The average molecular weight is 312 g/mol. The van der Waals surface area contributed by atoms with Gasteiger partial charge in [-0.15, -0.1) is 0 Å². The summed E-state index contributed by atoms with van der Waals surface area (Å²) >= 11 is 0. The first-order valence-corrected chi connectivity index (χ1v) is 7.98. The minimum atomic E-state index is -0.334. The van der Waals surface area contributed by atoms with E-state index in [4.69, 9.17) is 9.47 Å². The smallest absolute Gasteiger partial charge is 0.115 e. The van der Waals surface area contributed by atoms with Crippen molar-refractivity contribution in [2.45, 2.75) is 30.5 Å². The number of hydrogen-bond donors (Lipinski definition) is 2. The Hall–Kier alpha value is -2.04. The third-order valence-electron chi connectivity index (χ3n) is 4.75. The Bertz CT molecular complexity index is 643. The van der Waals surface area contributed by atoms with E-state index in [1.165, 1.54) is 0 Å². The molecule has 0 saturated carbocycles. The molecule has 2 heterocycles. The highest BCUT2D eigenvalue weighted by atomic mass is 16.6. The van der Waals surface area contributed by atoms with Gasteiger partial charge in [-0.1, -0.05) is 24.3 Å². The van der Waals surface area contributed by atoms with Crippen LogP contribution in [-0.2, 0) is 14.9 Å². The molecule has 2 saturated heterocycles. The summed E-state index contributed by atoms with van der Waals surface area (Å²) in [6, 6.07) is 14.8. The number of hydrogen-bond acceptors (Lipinski definition) is 4. The third kappa shape index (κ3) is 3.05. The number of benzene rings is 2. The van der Waals surface area contributed by atoms with Gasteiger partial charge in [0.2, 0.25) is 0 Å². The van der Waals surface area contributed by atoms with Crippen molar-refractivity contribution in [2.75, 3.05) is 13.2 Å². The van der Waals surface area contributed by atoms with Gasteiger partial charge in [-0.2, -0.15) is 0 Å². The molecule has 2 aromatic rings. The van der Waals surface area contributed by atoms with Crippen molar-refractivity contribution >= 4 is 0 Å². The first-order chi connectivity index (χ1) is 11.2. The molecule has 4 heteroatoms. The summed E-state index contributed by atoms with van der Waals surface area (Å²) in [4.78, 5) is 0. The standard InChI is InChI=1S/C19H20O4/c20-15-5-1-3-13(7-15)19(9-17-11-22-17,10-18-12-23-18)14-4-2-6-16(21)8-14/h1-8,17-18,20-21H,9-12H2. The maximum Gasteiger partial charge on any atom is 0.115 e. The summed E-state index contributed by atoms with van der Waals surface area (Å²) in [5, 5.41) is 19.9. The van der Waals surface area contributed by atoms with E-state index in [2.05, 4.69) is 0 Å². The fourth-order valence-corrected chi connectivity index (χ4v) is 3.48. The highest BCUT2D eigenvalue weighted by Gasteiger charge is 2.45. The van der Waals surface area contributed by atoms with Gasteiger partial charge >= 0.3 is 0 Å². The quantitative estimate of drug-likeness (QED) is 0.805. The summed E-state index contributed by atoms with van der Waals surface area (Å²) < 4.78 is 11.0. The fourth-order valence-electron chi connectivity index (χ4n) is 3.48. The Morgan fingerprint density at radius 1 is 0.826 bits per heavy atom. The summed E-state index contributed by atoms with van der Waals surface area (Å²) in [6.45, 7) is 1.54. The second-order valence-corrected chi connectivity index (χ2v) is 6.50. The number of epoxide rings is 2. The van der Waals surface area contributed by atoms with Gasteiger partial charge in [0.25, 0.3) is 0 Å². The van der Waals surface area contributed by atoms with Crippen LogP contribution in [0.4, 0.5) is 0 Å². The summed E-state index contributed by atoms with van der Waals surface area (Å²) in [6.07, 6.45) is 2.08. The van der Waals surface area contributed by atoms with Crippen LogP contribution in [0.25, 0.3) is 0 Å². The van der Waals surface area contributed by atoms with Gasteiger partial charge < -0.3 is 19.7 Å². The topological polar surface area (TPSA) is 65.5 Å². The zero-order chi connectivity index (χ0) is 15.9. The minimum Gasteiger partial charge on any atom is -0.508 e. The molecule has 2 fully saturated rings. The van der Waals surface area contributed by atoms with Gasteiger partial charge in [0.1, 0.15) is 11.5 Å². The fraction of sp³-hybridized carbons (Fsp3) is 0.368. The molecule has 0 amide bonds. The second-order valence-electron chi connectivity index (χ2n) is 6.50. The molecule has 2 unspecified atom stereocenters. The maximum absolute atomic E-state index is 9.97. The Labute approximate surface area is 135 Å². The van der Waals surface area contributed by atoms with Crippen molar-refractivity contribution in [1.29, 1.82) is 0 Å². The highest BCUT2D eigenvalue weighted by molar-refractivity contribution is 5.45. The largest absolute Gasteiger partial charge is 0.508 e. The Morgan fingerprint density at radius 2 is 1.26 bits per heavy atom. The van der Waals surface area contributed by atoms with Crippen LogP contribution in [0.5, 0.6) is 11.5 Å². The number of aromatic hydroxyl groups is 2. The molecular formula is C19H20O4. The van der Waals surface area contributed by atoms with Crippen molar-refractivity contribution in [3.8, 4) is 11.5 Å². The van der Waals surface area contributed by atoms with E-state index in [-0.39, 0.29) is 29.1 Å². The van der Waals surface area contributed by atoms with Gasteiger partial charge in [0, 0.05) is 5.41 Å². The second kappa shape index (κ2) is 5.55. The molecular weight excluding hydrogens is 292 g/mol. The van der Waals surface area contributed by atoms with E-state index in [9.17, 15) is 10.2 Å². The molecule has 23 heavy (non-hydrogen) atoms. The Balaban J connectivity index is 1.85. The van der Waals surface area contributed by atoms with Crippen molar-refractivity contribution in [2.24, 2.45) is 0 Å². The molecule has 2 atom stereocenters. The van der Waals surface area contributed by atoms with Crippen LogP contribution >= 0.6 is 0 Å². The molecule has 0 aromatic heterocycles. The normalized spacial score (nSPS) is 22.8. The third-order valence-corrected chi connectivity index (χ3v) is 4.75. The van der Waals surface area contributed by atoms with Crippen LogP contribution in [0.2, 0.25) is 0 Å². The van der Waals surface area contributed by atoms with Crippen LogP contribution in [-0.4, -0.2) is 35.6 Å². The lowest BCUT2D eigenvalue weighted by molar-refractivity contribution is 0.298. The molecule has 2 aliphatic heterocycles. The van der Waals surface area contributed by atoms with E-state index in [1.54, 1.807) is 12.1 Å². The van der Waals surface area contributed by atoms with E-state index in [1.807, 2.05) is 36.4 Å².